The number of hydrogen-bond acceptors (Lipinski definition) is 5. The Kier molecular flexibility index (Phi) is 5.45. The van der Waals surface area contributed by atoms with E-state index in [1.165, 1.54) is 18.2 Å². The van der Waals surface area contributed by atoms with Crippen LogP contribution in [0.25, 0.3) is 6.08 Å². The number of cyclic esters (lactones) is 1. The summed E-state index contributed by atoms with van der Waals surface area (Å²) in [5.74, 6) is -1.39. The minimum Gasteiger partial charge on any atom is -0.462 e. The molecule has 0 aromatic heterocycles. The van der Waals surface area contributed by atoms with Gasteiger partial charge in [0.15, 0.2) is 5.70 Å². The predicted molar refractivity (Wildman–Crippen MR) is 98.6 cm³/mol. The van der Waals surface area contributed by atoms with Crippen LogP contribution in [0.1, 0.15) is 35.3 Å². The van der Waals surface area contributed by atoms with Crippen molar-refractivity contribution in [2.75, 3.05) is 6.61 Å². The van der Waals surface area contributed by atoms with Crippen molar-refractivity contribution in [2.45, 2.75) is 13.8 Å². The summed E-state index contributed by atoms with van der Waals surface area (Å²) in [5, 5.41) is 0. The molecule has 0 spiro atoms. The van der Waals surface area contributed by atoms with E-state index >= 15 is 0 Å². The molecule has 2 aromatic rings. The summed E-state index contributed by atoms with van der Waals surface area (Å²) in [4.78, 5) is 28.0. The number of nitrogens with zero attached hydrogens (tertiary/aromatic N) is 1. The highest BCUT2D eigenvalue weighted by Crippen LogP contribution is 2.21. The zero-order valence-corrected chi connectivity index (χ0v) is 14.9. The van der Waals surface area contributed by atoms with Gasteiger partial charge < -0.3 is 9.47 Å². The lowest BCUT2D eigenvalue weighted by Crippen LogP contribution is -2.10. The summed E-state index contributed by atoms with van der Waals surface area (Å²) < 4.78 is 24.0. The van der Waals surface area contributed by atoms with Crippen LogP contribution in [0, 0.1) is 11.7 Å². The molecule has 138 valence electrons. The number of carbonyl (C=O) groups excluding carboxylic acids is 2. The lowest BCUT2D eigenvalue weighted by Gasteiger charge is -2.07. The third-order valence-corrected chi connectivity index (χ3v) is 3.72. The van der Waals surface area contributed by atoms with Gasteiger partial charge in [0.05, 0.1) is 17.7 Å². The summed E-state index contributed by atoms with van der Waals surface area (Å²) in [5.41, 5.74) is 1.25. The van der Waals surface area contributed by atoms with Gasteiger partial charge in [-0.15, -0.1) is 0 Å². The van der Waals surface area contributed by atoms with E-state index < -0.39 is 17.8 Å². The van der Waals surface area contributed by atoms with Crippen LogP contribution < -0.4 is 0 Å². The van der Waals surface area contributed by atoms with Gasteiger partial charge in [-0.2, -0.15) is 0 Å². The Bertz CT molecular complexity index is 929. The van der Waals surface area contributed by atoms with Crippen molar-refractivity contribution in [3.8, 4) is 0 Å². The molecular formula is C21H18FNO4. The first-order chi connectivity index (χ1) is 12.9. The predicted octanol–water partition coefficient (Wildman–Crippen LogP) is 3.98. The molecule has 1 aliphatic heterocycles. The molecule has 0 amide bonds. The molecule has 0 saturated carbocycles. The molecule has 0 bridgehead atoms. The molecule has 0 unspecified atom stereocenters. The van der Waals surface area contributed by atoms with Crippen LogP contribution >= 0.6 is 0 Å². The molecule has 0 aliphatic carbocycles. The van der Waals surface area contributed by atoms with Crippen LogP contribution in [-0.4, -0.2) is 24.4 Å². The smallest absolute Gasteiger partial charge is 0.363 e. The number of rotatable bonds is 5. The second-order valence-electron chi connectivity index (χ2n) is 6.43. The first kappa shape index (κ1) is 18.5. The lowest BCUT2D eigenvalue weighted by atomic mass is 10.1. The second-order valence-corrected chi connectivity index (χ2v) is 6.43. The van der Waals surface area contributed by atoms with Gasteiger partial charge in [0.2, 0.25) is 5.90 Å². The van der Waals surface area contributed by atoms with E-state index in [1.807, 2.05) is 13.8 Å². The normalized spacial score (nSPS) is 15.0. The highest BCUT2D eigenvalue weighted by Gasteiger charge is 2.25. The largest absolute Gasteiger partial charge is 0.462 e. The third-order valence-electron chi connectivity index (χ3n) is 3.72. The molecule has 0 saturated heterocycles. The fraction of sp³-hybridized carbons (Fsp3) is 0.190. The van der Waals surface area contributed by atoms with Crippen LogP contribution in [0.5, 0.6) is 0 Å². The van der Waals surface area contributed by atoms with Crippen molar-refractivity contribution in [3.63, 3.8) is 0 Å². The maximum atomic E-state index is 13.8. The highest BCUT2D eigenvalue weighted by molar-refractivity contribution is 6.13. The molecule has 0 atom stereocenters. The van der Waals surface area contributed by atoms with Crippen LogP contribution in [0.15, 0.2) is 59.2 Å². The Morgan fingerprint density at radius 1 is 1.19 bits per heavy atom. The first-order valence-corrected chi connectivity index (χ1v) is 8.48. The molecule has 3 rings (SSSR count). The minimum absolute atomic E-state index is 0.0587. The van der Waals surface area contributed by atoms with Crippen LogP contribution in [0.3, 0.4) is 0 Å². The van der Waals surface area contributed by atoms with Gasteiger partial charge in [-0.3, -0.25) is 0 Å². The van der Waals surface area contributed by atoms with Crippen molar-refractivity contribution in [1.82, 2.24) is 0 Å². The Morgan fingerprint density at radius 2 is 1.89 bits per heavy atom. The number of ether oxygens (including phenoxy) is 2. The molecule has 0 fully saturated rings. The van der Waals surface area contributed by atoms with Crippen molar-refractivity contribution >= 4 is 23.9 Å². The van der Waals surface area contributed by atoms with Crippen LogP contribution in [0.2, 0.25) is 0 Å². The fourth-order valence-electron chi connectivity index (χ4n) is 2.36. The van der Waals surface area contributed by atoms with E-state index in [0.29, 0.717) is 17.7 Å². The van der Waals surface area contributed by atoms with Gasteiger partial charge in [-0.25, -0.2) is 19.0 Å². The van der Waals surface area contributed by atoms with Crippen molar-refractivity contribution < 1.29 is 23.5 Å². The molecular weight excluding hydrogens is 349 g/mol. The SMILES string of the molecule is CC(C)COC(=O)c1ccc(C=C2N=C(c3ccccc3F)OC2=O)cc1. The zero-order valence-electron chi connectivity index (χ0n) is 14.9. The van der Waals surface area contributed by atoms with Gasteiger partial charge >= 0.3 is 11.9 Å². The van der Waals surface area contributed by atoms with E-state index in [1.54, 1.807) is 36.4 Å². The van der Waals surface area contributed by atoms with Gasteiger partial charge in [0.1, 0.15) is 5.82 Å². The monoisotopic (exact) mass is 367 g/mol. The number of carbonyl (C=O) groups is 2. The van der Waals surface area contributed by atoms with Crippen molar-refractivity contribution in [1.29, 1.82) is 0 Å². The summed E-state index contributed by atoms with van der Waals surface area (Å²) >= 11 is 0. The molecule has 27 heavy (non-hydrogen) atoms. The summed E-state index contributed by atoms with van der Waals surface area (Å²) in [7, 11) is 0. The van der Waals surface area contributed by atoms with Gasteiger partial charge in [0.25, 0.3) is 0 Å². The summed E-state index contributed by atoms with van der Waals surface area (Å²) in [6.45, 7) is 4.27. The lowest BCUT2D eigenvalue weighted by molar-refractivity contribution is -0.129. The highest BCUT2D eigenvalue weighted by atomic mass is 19.1. The molecule has 2 aromatic carbocycles. The van der Waals surface area contributed by atoms with Gasteiger partial charge in [0, 0.05) is 0 Å². The standard InChI is InChI=1S/C21H18FNO4/c1-13(2)12-26-20(24)15-9-7-14(8-10-15)11-18-21(25)27-19(23-18)16-5-3-4-6-17(16)22/h3-11,13H,12H2,1-2H3. The summed E-state index contributed by atoms with van der Waals surface area (Å²) in [6, 6.07) is 12.5. The molecule has 6 heteroatoms. The Hall–Kier alpha value is -3.28. The maximum absolute atomic E-state index is 13.8. The first-order valence-electron chi connectivity index (χ1n) is 8.48. The number of halogens is 1. The number of esters is 2. The van der Waals surface area contributed by atoms with Gasteiger partial charge in [-0.1, -0.05) is 38.1 Å². The third kappa shape index (κ3) is 4.47. The van der Waals surface area contributed by atoms with Crippen molar-refractivity contribution in [2.24, 2.45) is 10.9 Å². The Balaban J connectivity index is 1.77. The maximum Gasteiger partial charge on any atom is 0.363 e. The number of hydrogen-bond donors (Lipinski definition) is 0. The van der Waals surface area contributed by atoms with E-state index in [4.69, 9.17) is 9.47 Å². The average Bonchev–Trinajstić information content (AvgIpc) is 3.01. The fourth-order valence-corrected chi connectivity index (χ4v) is 2.36. The number of aliphatic imine (C=N–C) groups is 1. The van der Waals surface area contributed by atoms with E-state index in [0.717, 1.165) is 0 Å². The van der Waals surface area contributed by atoms with Crippen LogP contribution in [0.4, 0.5) is 4.39 Å². The molecule has 5 nitrogen and oxygen atoms in total. The second kappa shape index (κ2) is 7.95. The van der Waals surface area contributed by atoms with Crippen molar-refractivity contribution in [3.05, 3.63) is 76.7 Å². The summed E-state index contributed by atoms with van der Waals surface area (Å²) in [6.07, 6.45) is 1.51. The van der Waals surface area contributed by atoms with E-state index in [2.05, 4.69) is 4.99 Å². The Morgan fingerprint density at radius 3 is 2.56 bits per heavy atom. The quantitative estimate of drug-likeness (QED) is 0.592. The zero-order chi connectivity index (χ0) is 19.4. The Labute approximate surface area is 156 Å². The number of benzene rings is 2. The van der Waals surface area contributed by atoms with E-state index in [-0.39, 0.29) is 23.1 Å². The van der Waals surface area contributed by atoms with E-state index in [9.17, 15) is 14.0 Å². The average molecular weight is 367 g/mol. The minimum atomic E-state index is -0.659. The van der Waals surface area contributed by atoms with Crippen LogP contribution in [-0.2, 0) is 14.3 Å². The molecule has 0 N–H and O–H groups in total. The molecule has 0 radical (unpaired) electrons. The molecule has 1 aliphatic rings. The van der Waals surface area contributed by atoms with Gasteiger partial charge in [-0.05, 0) is 41.8 Å². The topological polar surface area (TPSA) is 65.0 Å². The molecule has 1 heterocycles.